The number of benzene rings is 1. The van der Waals surface area contributed by atoms with Crippen molar-refractivity contribution >= 4 is 13.7 Å². The summed E-state index contributed by atoms with van der Waals surface area (Å²) in [5.74, 6) is -4.04. The molecule has 6 atom stereocenters. The topological polar surface area (TPSA) is 178 Å². The van der Waals surface area contributed by atoms with E-state index in [-0.39, 0.29) is 5.75 Å². The Bertz CT molecular complexity index is 1320. The van der Waals surface area contributed by atoms with Crippen LogP contribution < -0.4 is 20.9 Å². The number of aliphatic hydroxyl groups excluding tert-OH is 1. The van der Waals surface area contributed by atoms with Gasteiger partial charge < -0.3 is 24.2 Å². The molecule has 1 aromatic carbocycles. The first-order chi connectivity index (χ1) is 17.7. The van der Waals surface area contributed by atoms with E-state index in [0.717, 1.165) is 18.3 Å². The maximum atomic E-state index is 16.0. The first-order valence-corrected chi connectivity index (χ1v) is 13.0. The van der Waals surface area contributed by atoms with Gasteiger partial charge in [0.05, 0.1) is 6.10 Å². The molecular formula is C23H29FN3O10P. The molecular weight excluding hydrogens is 528 g/mol. The highest BCUT2D eigenvalue weighted by atomic mass is 31.2. The molecule has 0 aliphatic carbocycles. The van der Waals surface area contributed by atoms with Crippen LogP contribution in [-0.4, -0.2) is 62.0 Å². The number of hydrogen-bond acceptors (Lipinski definition) is 10. The molecule has 208 valence electrons. The molecule has 3 unspecified atom stereocenters. The molecule has 0 spiro atoms. The summed E-state index contributed by atoms with van der Waals surface area (Å²) in [6, 6.07) is 7.31. The van der Waals surface area contributed by atoms with Gasteiger partial charge in [0.2, 0.25) is 0 Å². The predicted molar refractivity (Wildman–Crippen MR) is 131 cm³/mol. The van der Waals surface area contributed by atoms with Gasteiger partial charge in [-0.2, -0.15) is 5.09 Å². The molecule has 1 aliphatic rings. The number of para-hydroxylation sites is 1. The number of esters is 1. The molecule has 2 aromatic rings. The van der Waals surface area contributed by atoms with Crippen LogP contribution in [-0.2, 0) is 23.4 Å². The van der Waals surface area contributed by atoms with Crippen molar-refractivity contribution in [1.82, 2.24) is 14.6 Å². The minimum Gasteiger partial charge on any atom is -0.462 e. The summed E-state index contributed by atoms with van der Waals surface area (Å²) in [4.78, 5) is 37.9. The van der Waals surface area contributed by atoms with E-state index in [1.54, 1.807) is 32.0 Å². The highest BCUT2D eigenvalue weighted by molar-refractivity contribution is 7.52. The number of halogens is 1. The van der Waals surface area contributed by atoms with E-state index in [9.17, 15) is 29.2 Å². The average molecular weight is 557 g/mol. The van der Waals surface area contributed by atoms with Gasteiger partial charge in [0.15, 0.2) is 17.9 Å². The lowest BCUT2D eigenvalue weighted by Crippen LogP contribution is -2.50. The van der Waals surface area contributed by atoms with Gasteiger partial charge in [-0.25, -0.2) is 13.8 Å². The molecule has 0 radical (unpaired) electrons. The van der Waals surface area contributed by atoms with Crippen molar-refractivity contribution < 1.29 is 42.5 Å². The monoisotopic (exact) mass is 557 g/mol. The molecule has 15 heteroatoms. The van der Waals surface area contributed by atoms with Gasteiger partial charge in [0, 0.05) is 12.3 Å². The van der Waals surface area contributed by atoms with Crippen molar-refractivity contribution in [2.75, 3.05) is 6.61 Å². The van der Waals surface area contributed by atoms with Gasteiger partial charge in [-0.05, 0) is 32.9 Å². The van der Waals surface area contributed by atoms with Gasteiger partial charge in [0.1, 0.15) is 18.4 Å². The second-order valence-electron chi connectivity index (χ2n) is 8.78. The number of H-pyrrole nitrogens is 1. The van der Waals surface area contributed by atoms with E-state index in [4.69, 9.17) is 18.5 Å². The Morgan fingerprint density at radius 1 is 1.32 bits per heavy atom. The second kappa shape index (κ2) is 11.3. The Morgan fingerprint density at radius 2 is 1.97 bits per heavy atom. The van der Waals surface area contributed by atoms with Crippen molar-refractivity contribution in [1.29, 1.82) is 0 Å². The van der Waals surface area contributed by atoms with Gasteiger partial charge in [-0.3, -0.25) is 23.7 Å². The van der Waals surface area contributed by atoms with E-state index in [1.807, 2.05) is 4.98 Å². The minimum absolute atomic E-state index is 0.0359. The Kier molecular flexibility index (Phi) is 8.76. The van der Waals surface area contributed by atoms with Crippen LogP contribution in [0.3, 0.4) is 0 Å². The Balaban J connectivity index is 1.90. The van der Waals surface area contributed by atoms with Gasteiger partial charge in [-0.1, -0.05) is 30.9 Å². The van der Waals surface area contributed by atoms with Gasteiger partial charge >= 0.3 is 19.4 Å². The number of aromatic amines is 1. The highest BCUT2D eigenvalue weighted by Crippen LogP contribution is 2.50. The minimum atomic E-state index is -4.58. The molecule has 1 aromatic heterocycles. The van der Waals surface area contributed by atoms with Crippen LogP contribution in [0, 0.1) is 0 Å². The lowest BCUT2D eigenvalue weighted by atomic mass is 9.93. The summed E-state index contributed by atoms with van der Waals surface area (Å²) >= 11 is 0. The maximum absolute atomic E-state index is 16.0. The Labute approximate surface area is 216 Å². The lowest BCUT2D eigenvalue weighted by molar-refractivity contribution is -0.204. The van der Waals surface area contributed by atoms with E-state index >= 15 is 4.39 Å². The molecule has 3 rings (SSSR count). The number of nitrogens with one attached hydrogen (secondary N) is 2. The first-order valence-electron chi connectivity index (χ1n) is 11.4. The molecule has 1 fully saturated rings. The van der Waals surface area contributed by atoms with Crippen LogP contribution >= 0.6 is 7.75 Å². The zero-order valence-corrected chi connectivity index (χ0v) is 21.7. The first kappa shape index (κ1) is 29.4. The lowest BCUT2D eigenvalue weighted by Gasteiger charge is -2.29. The molecule has 0 bridgehead atoms. The molecule has 13 nitrogen and oxygen atoms in total. The van der Waals surface area contributed by atoms with Gasteiger partial charge in [-0.15, -0.1) is 0 Å². The molecule has 0 amide bonds. The van der Waals surface area contributed by atoms with Crippen LogP contribution in [0.15, 0.2) is 64.8 Å². The number of aliphatic hydroxyl groups is 2. The quantitative estimate of drug-likeness (QED) is 0.177. The number of alkyl halides is 1. The fourth-order valence-corrected chi connectivity index (χ4v) is 5.05. The summed E-state index contributed by atoms with van der Waals surface area (Å²) in [6.45, 7) is 6.60. The average Bonchev–Trinajstić information content (AvgIpc) is 3.05. The molecule has 1 aliphatic heterocycles. The number of rotatable bonds is 11. The van der Waals surface area contributed by atoms with Crippen LogP contribution in [0.4, 0.5) is 4.39 Å². The van der Waals surface area contributed by atoms with Gasteiger partial charge in [0.25, 0.3) is 11.4 Å². The summed E-state index contributed by atoms with van der Waals surface area (Å²) in [6.07, 6.45) is -3.13. The summed E-state index contributed by atoms with van der Waals surface area (Å²) in [5.41, 5.74) is -4.43. The third-order valence-corrected chi connectivity index (χ3v) is 7.06. The van der Waals surface area contributed by atoms with E-state index in [1.165, 1.54) is 19.1 Å². The second-order valence-corrected chi connectivity index (χ2v) is 10.5. The summed E-state index contributed by atoms with van der Waals surface area (Å²) < 4.78 is 51.2. The van der Waals surface area contributed by atoms with Crippen molar-refractivity contribution in [3.63, 3.8) is 0 Å². The van der Waals surface area contributed by atoms with Crippen molar-refractivity contribution in [3.8, 4) is 5.75 Å². The van der Waals surface area contributed by atoms with Crippen LogP contribution in [0.2, 0.25) is 0 Å². The Hall–Kier alpha value is -3.13. The highest BCUT2D eigenvalue weighted by Gasteiger charge is 2.64. The number of nitrogens with zero attached hydrogens (tertiary/aromatic N) is 1. The largest absolute Gasteiger partial charge is 0.462 e. The third kappa shape index (κ3) is 6.29. The number of carbonyl (C=O) groups excluding carboxylic acids is 1. The maximum Gasteiger partial charge on any atom is 0.459 e. The Morgan fingerprint density at radius 3 is 2.55 bits per heavy atom. The van der Waals surface area contributed by atoms with Crippen LogP contribution in [0.5, 0.6) is 5.75 Å². The number of ether oxygens (including phenoxy) is 2. The van der Waals surface area contributed by atoms with E-state index in [0.29, 0.717) is 4.57 Å². The number of carbonyl (C=O) groups is 1. The molecule has 1 saturated heterocycles. The van der Waals surface area contributed by atoms with Crippen molar-refractivity contribution in [2.24, 2.45) is 0 Å². The fourth-order valence-electron chi connectivity index (χ4n) is 3.55. The van der Waals surface area contributed by atoms with Crippen LogP contribution in [0.25, 0.3) is 0 Å². The van der Waals surface area contributed by atoms with Crippen molar-refractivity contribution in [3.05, 3.63) is 76.1 Å². The molecule has 38 heavy (non-hydrogen) atoms. The molecule has 4 N–H and O–H groups in total. The fraction of sp³-hybridized carbons (Fsp3) is 0.435. The third-order valence-electron chi connectivity index (χ3n) is 5.44. The van der Waals surface area contributed by atoms with Crippen molar-refractivity contribution in [2.45, 2.75) is 56.7 Å². The molecule has 2 heterocycles. The smallest absolute Gasteiger partial charge is 0.459 e. The number of hydrogen-bond donors (Lipinski definition) is 4. The summed E-state index contributed by atoms with van der Waals surface area (Å²) in [7, 11) is -4.58. The van der Waals surface area contributed by atoms with Crippen LogP contribution in [0.1, 0.15) is 27.0 Å². The zero-order chi connectivity index (χ0) is 28.3. The normalized spacial score (nSPS) is 27.4. The van der Waals surface area contributed by atoms with E-state index in [2.05, 4.69) is 11.7 Å². The number of aromatic nitrogens is 2. The standard InChI is InChI=1S/C23H29FN3O10P/c1-5-22(32)19(30)23(24,36-20(22)27-12-11-17(28)25-21(27)31)13-34-38(33,37-16-9-7-6-8-10-16)26-15(4)18(29)35-14(2)3/h5-12,14-15,19-20,30,32H,1,13H2,2-4H3,(H,26,33)(H,25,28,31)/t15?,19-,20?,22+,23+,38?/m0/s1. The predicted octanol–water partition coefficient (Wildman–Crippen LogP) is 1.14. The zero-order valence-electron chi connectivity index (χ0n) is 20.8. The summed E-state index contributed by atoms with van der Waals surface area (Å²) in [5, 5.41) is 24.0. The SMILES string of the molecule is C=C[C@]1(O)C(n2ccc(=O)[nH]c2=O)O[C@](F)(COP(=O)(NC(C)C(=O)OC(C)C)Oc2ccccc2)[C@H]1O. The van der Waals surface area contributed by atoms with E-state index < -0.39 is 67.5 Å². The molecule has 0 saturated carbocycles.